The van der Waals surface area contributed by atoms with Gasteiger partial charge in [-0.3, -0.25) is 4.57 Å². The summed E-state index contributed by atoms with van der Waals surface area (Å²) in [5.41, 5.74) is 4.83. The second kappa shape index (κ2) is 6.09. The molecular weight excluding hydrogens is 346 g/mol. The molecule has 5 nitrogen and oxygen atoms in total. The number of nitrogens with zero attached hydrogens (tertiary/aromatic N) is 2. The number of sulfonamides is 1. The van der Waals surface area contributed by atoms with Crippen LogP contribution in [0.4, 0.5) is 0 Å². The zero-order valence-corrected chi connectivity index (χ0v) is 14.9. The van der Waals surface area contributed by atoms with Crippen LogP contribution in [0.2, 0.25) is 0 Å². The van der Waals surface area contributed by atoms with Gasteiger partial charge >= 0.3 is 0 Å². The molecule has 0 atom stereocenters. The molecule has 1 aromatic heterocycles. The smallest absolute Gasteiger partial charge is 0.238 e. The first-order chi connectivity index (χ1) is 12.4. The minimum Gasteiger partial charge on any atom is -0.292 e. The van der Waals surface area contributed by atoms with Crippen LogP contribution < -0.4 is 5.14 Å². The van der Waals surface area contributed by atoms with Gasteiger partial charge in [0.05, 0.1) is 15.9 Å². The summed E-state index contributed by atoms with van der Waals surface area (Å²) < 4.78 is 25.1. The minimum absolute atomic E-state index is 0.0828. The number of imidazole rings is 1. The van der Waals surface area contributed by atoms with E-state index in [-0.39, 0.29) is 4.90 Å². The number of hydrogen-bond donors (Lipinski definition) is 1. The Balaban J connectivity index is 1.97. The fraction of sp³-hybridized carbons (Fsp3) is 0.0500. The monoisotopic (exact) mass is 363 g/mol. The molecule has 1 heterocycles. The van der Waals surface area contributed by atoms with Crippen LogP contribution in [0.1, 0.15) is 5.56 Å². The van der Waals surface area contributed by atoms with Gasteiger partial charge < -0.3 is 0 Å². The molecule has 4 aromatic rings. The normalized spacial score (nSPS) is 11.8. The van der Waals surface area contributed by atoms with Gasteiger partial charge in [0, 0.05) is 11.3 Å². The van der Waals surface area contributed by atoms with Gasteiger partial charge in [-0.2, -0.15) is 0 Å². The maximum absolute atomic E-state index is 11.5. The number of hydrogen-bond acceptors (Lipinski definition) is 3. The molecule has 26 heavy (non-hydrogen) atoms. The van der Waals surface area contributed by atoms with Crippen LogP contribution in [-0.2, 0) is 10.0 Å². The van der Waals surface area contributed by atoms with Gasteiger partial charge in [-0.05, 0) is 61.0 Å². The van der Waals surface area contributed by atoms with Crippen molar-refractivity contribution in [2.75, 3.05) is 0 Å². The lowest BCUT2D eigenvalue weighted by atomic mass is 10.2. The Bertz CT molecular complexity index is 1210. The van der Waals surface area contributed by atoms with Crippen molar-refractivity contribution in [3.63, 3.8) is 0 Å². The highest BCUT2D eigenvalue weighted by Crippen LogP contribution is 2.29. The van der Waals surface area contributed by atoms with Gasteiger partial charge in [0.1, 0.15) is 5.82 Å². The molecule has 0 aliphatic heterocycles. The summed E-state index contributed by atoms with van der Waals surface area (Å²) in [6.45, 7) is 2.04. The van der Waals surface area contributed by atoms with E-state index in [2.05, 4.69) is 10.6 Å². The predicted octanol–water partition coefficient (Wildman–Crippen LogP) is 3.65. The number of nitrogens with two attached hydrogens (primary N) is 1. The highest BCUT2D eigenvalue weighted by atomic mass is 32.2. The van der Waals surface area contributed by atoms with E-state index in [0.717, 1.165) is 33.7 Å². The third-order valence-corrected chi connectivity index (χ3v) is 5.19. The Morgan fingerprint density at radius 3 is 2.35 bits per heavy atom. The molecule has 4 rings (SSSR count). The summed E-state index contributed by atoms with van der Waals surface area (Å²) in [4.78, 5) is 4.85. The lowest BCUT2D eigenvalue weighted by molar-refractivity contribution is 0.598. The fourth-order valence-corrected chi connectivity index (χ4v) is 3.56. The molecule has 0 spiro atoms. The Labute approximate surface area is 151 Å². The molecule has 0 aliphatic rings. The van der Waals surface area contributed by atoms with Crippen LogP contribution >= 0.6 is 0 Å². The number of aromatic nitrogens is 2. The zero-order valence-electron chi connectivity index (χ0n) is 14.1. The van der Waals surface area contributed by atoms with Crippen molar-refractivity contribution in [1.82, 2.24) is 9.55 Å². The Kier molecular flexibility index (Phi) is 3.86. The molecular formula is C20H17N3O2S. The molecule has 6 heteroatoms. The highest BCUT2D eigenvalue weighted by molar-refractivity contribution is 7.89. The van der Waals surface area contributed by atoms with E-state index in [1.165, 1.54) is 12.1 Å². The van der Waals surface area contributed by atoms with Crippen LogP contribution in [0.3, 0.4) is 0 Å². The topological polar surface area (TPSA) is 78.0 Å². The Morgan fingerprint density at radius 2 is 1.65 bits per heavy atom. The summed E-state index contributed by atoms with van der Waals surface area (Å²) in [6.07, 6.45) is 0. The average Bonchev–Trinajstić information content (AvgIpc) is 3.00. The number of benzene rings is 3. The maximum atomic E-state index is 11.5. The highest BCUT2D eigenvalue weighted by Gasteiger charge is 2.15. The Morgan fingerprint density at radius 1 is 0.923 bits per heavy atom. The van der Waals surface area contributed by atoms with Gasteiger partial charge in [0.25, 0.3) is 0 Å². The summed E-state index contributed by atoms with van der Waals surface area (Å²) in [5.74, 6) is 0.748. The molecule has 0 bridgehead atoms. The van der Waals surface area contributed by atoms with E-state index in [1.807, 2.05) is 49.4 Å². The van der Waals surface area contributed by atoms with E-state index in [4.69, 9.17) is 10.1 Å². The molecule has 0 radical (unpaired) electrons. The van der Waals surface area contributed by atoms with Crippen LogP contribution in [-0.4, -0.2) is 18.0 Å². The first-order valence-electron chi connectivity index (χ1n) is 8.11. The Hall–Kier alpha value is -2.96. The van der Waals surface area contributed by atoms with Crippen molar-refractivity contribution in [1.29, 1.82) is 0 Å². The van der Waals surface area contributed by atoms with Crippen LogP contribution in [0.25, 0.3) is 28.1 Å². The molecule has 0 saturated heterocycles. The summed E-state index contributed by atoms with van der Waals surface area (Å²) in [6, 6.07) is 22.6. The fourth-order valence-electron chi connectivity index (χ4n) is 3.04. The van der Waals surface area contributed by atoms with E-state index in [9.17, 15) is 8.42 Å². The number of fused-ring (bicyclic) bond motifs is 1. The lowest BCUT2D eigenvalue weighted by Crippen LogP contribution is -2.11. The van der Waals surface area contributed by atoms with E-state index in [0.29, 0.717) is 0 Å². The summed E-state index contributed by atoms with van der Waals surface area (Å²) >= 11 is 0. The zero-order chi connectivity index (χ0) is 18.3. The summed E-state index contributed by atoms with van der Waals surface area (Å²) in [7, 11) is -3.72. The molecule has 0 saturated carbocycles. The molecule has 3 aromatic carbocycles. The van der Waals surface area contributed by atoms with Gasteiger partial charge in [0.15, 0.2) is 0 Å². The van der Waals surface area contributed by atoms with Crippen molar-refractivity contribution < 1.29 is 8.42 Å². The third-order valence-electron chi connectivity index (χ3n) is 4.26. The van der Waals surface area contributed by atoms with Crippen molar-refractivity contribution in [2.24, 2.45) is 5.14 Å². The molecule has 2 N–H and O–H groups in total. The number of para-hydroxylation sites is 2. The standard InChI is InChI=1S/C20H17N3O2S/c1-14-5-4-6-16(13-14)23-19-8-3-2-7-18(19)22-20(23)15-9-11-17(12-10-15)26(21,24)25/h2-13H,1H3,(H2,21,24,25). The predicted molar refractivity (Wildman–Crippen MR) is 103 cm³/mol. The van der Waals surface area contributed by atoms with Crippen LogP contribution in [0, 0.1) is 6.92 Å². The average molecular weight is 363 g/mol. The maximum Gasteiger partial charge on any atom is 0.238 e. The largest absolute Gasteiger partial charge is 0.292 e. The van der Waals surface area contributed by atoms with Crippen molar-refractivity contribution in [2.45, 2.75) is 11.8 Å². The van der Waals surface area contributed by atoms with Crippen molar-refractivity contribution in [3.05, 3.63) is 78.4 Å². The molecule has 0 fully saturated rings. The quantitative estimate of drug-likeness (QED) is 0.603. The molecule has 0 aliphatic carbocycles. The van der Waals surface area contributed by atoms with Gasteiger partial charge in [-0.25, -0.2) is 18.5 Å². The van der Waals surface area contributed by atoms with Crippen LogP contribution in [0.15, 0.2) is 77.7 Å². The van der Waals surface area contributed by atoms with Gasteiger partial charge in [0.2, 0.25) is 10.0 Å². The molecule has 130 valence electrons. The second-order valence-electron chi connectivity index (χ2n) is 6.17. The van der Waals surface area contributed by atoms with Crippen LogP contribution in [0.5, 0.6) is 0 Å². The lowest BCUT2D eigenvalue weighted by Gasteiger charge is -2.10. The van der Waals surface area contributed by atoms with E-state index >= 15 is 0 Å². The van der Waals surface area contributed by atoms with Crippen molar-refractivity contribution >= 4 is 21.1 Å². The number of primary sulfonamides is 1. The van der Waals surface area contributed by atoms with E-state index < -0.39 is 10.0 Å². The first-order valence-corrected chi connectivity index (χ1v) is 9.66. The van der Waals surface area contributed by atoms with Gasteiger partial charge in [-0.15, -0.1) is 0 Å². The number of rotatable bonds is 3. The van der Waals surface area contributed by atoms with Crippen molar-refractivity contribution in [3.8, 4) is 17.1 Å². The molecule has 0 unspecified atom stereocenters. The first kappa shape index (κ1) is 16.5. The van der Waals surface area contributed by atoms with E-state index in [1.54, 1.807) is 12.1 Å². The SMILES string of the molecule is Cc1cccc(-n2c(-c3ccc(S(N)(=O)=O)cc3)nc3ccccc32)c1. The second-order valence-corrected chi connectivity index (χ2v) is 7.73. The summed E-state index contributed by atoms with van der Waals surface area (Å²) in [5, 5.41) is 5.20. The minimum atomic E-state index is -3.72. The molecule has 0 amide bonds. The third kappa shape index (κ3) is 2.89. The van der Waals surface area contributed by atoms with Gasteiger partial charge in [-0.1, -0.05) is 24.3 Å². The number of aryl methyl sites for hydroxylation is 1.